The minimum atomic E-state index is -0.0915. The molecule has 0 rings (SSSR count). The molecule has 15 heavy (non-hydrogen) atoms. The summed E-state index contributed by atoms with van der Waals surface area (Å²) in [6.45, 7) is 2.52. The summed E-state index contributed by atoms with van der Waals surface area (Å²) in [6.07, 6.45) is 1.56. The van der Waals surface area contributed by atoms with E-state index in [0.717, 1.165) is 12.8 Å². The molecule has 5 heteroatoms. The molecule has 5 nitrogen and oxygen atoms in total. The number of carbonyl (C=O) groups excluding carboxylic acids is 2. The summed E-state index contributed by atoms with van der Waals surface area (Å²) < 4.78 is 0. The largest absolute Gasteiger partial charge is 0.355 e. The average Bonchev–Trinajstić information content (AvgIpc) is 2.17. The predicted octanol–water partition coefficient (Wildman–Crippen LogP) is -0.721. The first-order valence-electron chi connectivity index (χ1n) is 5.20. The van der Waals surface area contributed by atoms with Gasteiger partial charge in [-0.25, -0.2) is 0 Å². The molecule has 0 aromatic rings. The normalized spacial score (nSPS) is 12.2. The number of nitrogens with one attached hydrogen (secondary N) is 3. The minimum absolute atomic E-state index is 0.0127. The second-order valence-corrected chi connectivity index (χ2v) is 3.47. The maximum atomic E-state index is 11.0. The highest BCUT2D eigenvalue weighted by atomic mass is 16.2. The number of carbonyl (C=O) groups is 2. The summed E-state index contributed by atoms with van der Waals surface area (Å²) in [5.41, 5.74) is 0. The second-order valence-electron chi connectivity index (χ2n) is 3.47. The fourth-order valence-electron chi connectivity index (χ4n) is 1.31. The van der Waals surface area contributed by atoms with Gasteiger partial charge in [-0.15, -0.1) is 0 Å². The summed E-state index contributed by atoms with van der Waals surface area (Å²) in [4.78, 5) is 22.1. The van der Waals surface area contributed by atoms with Gasteiger partial charge in [-0.2, -0.15) is 0 Å². The number of ketones is 1. The van der Waals surface area contributed by atoms with Crippen LogP contribution in [0.25, 0.3) is 0 Å². The van der Waals surface area contributed by atoms with E-state index >= 15 is 0 Å². The monoisotopic (exact) mass is 215 g/mol. The molecule has 0 heterocycles. The van der Waals surface area contributed by atoms with Gasteiger partial charge in [0.25, 0.3) is 0 Å². The van der Waals surface area contributed by atoms with Gasteiger partial charge >= 0.3 is 0 Å². The second kappa shape index (κ2) is 8.38. The molecule has 0 aliphatic rings. The highest BCUT2D eigenvalue weighted by Gasteiger charge is 2.10. The number of amides is 1. The third-order valence-electron chi connectivity index (χ3n) is 2.17. The molecule has 88 valence electrons. The quantitative estimate of drug-likeness (QED) is 0.467. The van der Waals surface area contributed by atoms with E-state index in [1.165, 1.54) is 0 Å². The highest BCUT2D eigenvalue weighted by molar-refractivity contribution is 5.81. The zero-order valence-electron chi connectivity index (χ0n) is 9.72. The van der Waals surface area contributed by atoms with E-state index in [1.807, 2.05) is 0 Å². The van der Waals surface area contributed by atoms with E-state index in [9.17, 15) is 9.59 Å². The Hall–Kier alpha value is -0.940. The lowest BCUT2D eigenvalue weighted by Crippen LogP contribution is -2.35. The van der Waals surface area contributed by atoms with Crippen molar-refractivity contribution in [1.82, 2.24) is 16.0 Å². The van der Waals surface area contributed by atoms with Crippen LogP contribution in [0.3, 0.4) is 0 Å². The SMILES string of the molecule is CNCC(=O)NCCCC(NC)C(C)=O. The van der Waals surface area contributed by atoms with Crippen LogP contribution in [0.2, 0.25) is 0 Å². The Morgan fingerprint density at radius 1 is 1.27 bits per heavy atom. The molecule has 0 aromatic carbocycles. The summed E-state index contributed by atoms with van der Waals surface area (Å²) >= 11 is 0. The van der Waals surface area contributed by atoms with Gasteiger partial charge in [0.2, 0.25) is 5.91 Å². The van der Waals surface area contributed by atoms with Crippen LogP contribution in [-0.4, -0.2) is 44.9 Å². The molecule has 0 aromatic heterocycles. The molecule has 0 saturated heterocycles. The molecule has 0 bridgehead atoms. The fraction of sp³-hybridized carbons (Fsp3) is 0.800. The molecule has 1 atom stereocenters. The standard InChI is InChI=1S/C10H21N3O2/c1-8(14)9(12-3)5-4-6-13-10(15)7-11-2/h9,11-12H,4-7H2,1-3H3,(H,13,15). The van der Waals surface area contributed by atoms with Crippen molar-refractivity contribution in [3.63, 3.8) is 0 Å². The first-order chi connectivity index (χ1) is 7.11. The fourth-order valence-corrected chi connectivity index (χ4v) is 1.31. The van der Waals surface area contributed by atoms with Crippen molar-refractivity contribution in [2.45, 2.75) is 25.8 Å². The van der Waals surface area contributed by atoms with Crippen LogP contribution >= 0.6 is 0 Å². The molecule has 1 unspecified atom stereocenters. The minimum Gasteiger partial charge on any atom is -0.355 e. The lowest BCUT2D eigenvalue weighted by Gasteiger charge is -2.12. The summed E-state index contributed by atoms with van der Waals surface area (Å²) in [5.74, 6) is 0.125. The molecule has 0 fully saturated rings. The predicted molar refractivity (Wildman–Crippen MR) is 59.7 cm³/mol. The van der Waals surface area contributed by atoms with Crippen LogP contribution in [-0.2, 0) is 9.59 Å². The third-order valence-corrected chi connectivity index (χ3v) is 2.17. The van der Waals surface area contributed by atoms with Gasteiger partial charge in [0, 0.05) is 6.54 Å². The van der Waals surface area contributed by atoms with Crippen LogP contribution in [0, 0.1) is 0 Å². The molecule has 0 radical (unpaired) electrons. The van der Waals surface area contributed by atoms with Crippen LogP contribution in [0.4, 0.5) is 0 Å². The third kappa shape index (κ3) is 7.04. The maximum Gasteiger partial charge on any atom is 0.233 e. The Bertz CT molecular complexity index is 207. The average molecular weight is 215 g/mol. The highest BCUT2D eigenvalue weighted by Crippen LogP contribution is 1.96. The number of Topliss-reactive ketones (excluding diaryl/α,β-unsaturated/α-hetero) is 1. The van der Waals surface area contributed by atoms with Crippen molar-refractivity contribution >= 4 is 11.7 Å². The van der Waals surface area contributed by atoms with Gasteiger partial charge < -0.3 is 16.0 Å². The van der Waals surface area contributed by atoms with Crippen molar-refractivity contribution in [3.05, 3.63) is 0 Å². The smallest absolute Gasteiger partial charge is 0.233 e. The maximum absolute atomic E-state index is 11.0. The number of rotatable bonds is 8. The molecule has 0 saturated carbocycles. The molecular weight excluding hydrogens is 194 g/mol. The van der Waals surface area contributed by atoms with Gasteiger partial charge in [0.15, 0.2) is 0 Å². The summed E-state index contributed by atoms with van der Waals surface area (Å²) in [7, 11) is 3.50. The summed E-state index contributed by atoms with van der Waals surface area (Å²) in [5, 5.41) is 8.47. The molecule has 1 amide bonds. The van der Waals surface area contributed by atoms with Gasteiger partial charge in [-0.1, -0.05) is 0 Å². The van der Waals surface area contributed by atoms with Crippen molar-refractivity contribution < 1.29 is 9.59 Å². The Morgan fingerprint density at radius 3 is 2.40 bits per heavy atom. The van der Waals surface area contributed by atoms with Gasteiger partial charge in [-0.3, -0.25) is 9.59 Å². The van der Waals surface area contributed by atoms with Gasteiger partial charge in [0.1, 0.15) is 5.78 Å². The van der Waals surface area contributed by atoms with Crippen molar-refractivity contribution in [2.24, 2.45) is 0 Å². The van der Waals surface area contributed by atoms with Crippen LogP contribution in [0.5, 0.6) is 0 Å². The van der Waals surface area contributed by atoms with Gasteiger partial charge in [-0.05, 0) is 33.9 Å². The van der Waals surface area contributed by atoms with Crippen LogP contribution in [0.15, 0.2) is 0 Å². The van der Waals surface area contributed by atoms with Crippen LogP contribution in [0.1, 0.15) is 19.8 Å². The molecule has 0 aliphatic carbocycles. The Morgan fingerprint density at radius 2 is 1.93 bits per heavy atom. The van der Waals surface area contributed by atoms with Crippen molar-refractivity contribution in [3.8, 4) is 0 Å². The Kier molecular flexibility index (Phi) is 7.85. The van der Waals surface area contributed by atoms with E-state index in [0.29, 0.717) is 13.1 Å². The van der Waals surface area contributed by atoms with E-state index in [1.54, 1.807) is 21.0 Å². The first kappa shape index (κ1) is 14.1. The first-order valence-corrected chi connectivity index (χ1v) is 5.20. The topological polar surface area (TPSA) is 70.2 Å². The van der Waals surface area contributed by atoms with E-state index < -0.39 is 0 Å². The lowest BCUT2D eigenvalue weighted by molar-refractivity contribution is -0.120. The van der Waals surface area contributed by atoms with Crippen molar-refractivity contribution in [2.75, 3.05) is 27.2 Å². The zero-order valence-corrected chi connectivity index (χ0v) is 9.72. The zero-order chi connectivity index (χ0) is 11.7. The van der Waals surface area contributed by atoms with Gasteiger partial charge in [0.05, 0.1) is 12.6 Å². The lowest BCUT2D eigenvalue weighted by atomic mass is 10.1. The Balaban J connectivity index is 3.52. The molecular formula is C10H21N3O2. The van der Waals surface area contributed by atoms with E-state index in [4.69, 9.17) is 0 Å². The summed E-state index contributed by atoms with van der Waals surface area (Å²) in [6, 6.07) is -0.0915. The molecule has 0 aliphatic heterocycles. The number of hydrogen-bond acceptors (Lipinski definition) is 4. The molecule has 0 spiro atoms. The Labute approximate surface area is 91.0 Å². The number of hydrogen-bond donors (Lipinski definition) is 3. The number of likely N-dealkylation sites (N-methyl/N-ethyl adjacent to an activating group) is 2. The van der Waals surface area contributed by atoms with E-state index in [-0.39, 0.29) is 17.7 Å². The van der Waals surface area contributed by atoms with Crippen molar-refractivity contribution in [1.29, 1.82) is 0 Å². The molecule has 3 N–H and O–H groups in total. The van der Waals surface area contributed by atoms with Crippen LogP contribution < -0.4 is 16.0 Å². The van der Waals surface area contributed by atoms with E-state index in [2.05, 4.69) is 16.0 Å².